The number of benzene rings is 1. The fourth-order valence-electron chi connectivity index (χ4n) is 2.62. The molecule has 0 unspecified atom stereocenters. The summed E-state index contributed by atoms with van der Waals surface area (Å²) in [5, 5.41) is 9.38. The summed E-state index contributed by atoms with van der Waals surface area (Å²) < 4.78 is 0. The Bertz CT molecular complexity index is 540. The zero-order valence-electron chi connectivity index (χ0n) is 13.1. The van der Waals surface area contributed by atoms with Gasteiger partial charge in [-0.05, 0) is 38.4 Å². The minimum atomic E-state index is -0.227. The van der Waals surface area contributed by atoms with Gasteiger partial charge in [0.2, 0.25) is 5.91 Å². The second kappa shape index (κ2) is 9.75. The first-order valence-electron chi connectivity index (χ1n) is 7.61. The molecule has 2 rings (SSSR count). The van der Waals surface area contributed by atoms with E-state index in [-0.39, 0.29) is 30.1 Å². The number of halogens is 2. The number of amides is 2. The van der Waals surface area contributed by atoms with Crippen LogP contribution in [0.5, 0.6) is 0 Å². The predicted octanol–water partition coefficient (Wildman–Crippen LogP) is 2.00. The molecule has 0 radical (unpaired) electrons. The quantitative estimate of drug-likeness (QED) is 0.704. The van der Waals surface area contributed by atoms with E-state index >= 15 is 0 Å². The molecule has 3 N–H and O–H groups in total. The van der Waals surface area contributed by atoms with Gasteiger partial charge >= 0.3 is 0 Å². The highest BCUT2D eigenvalue weighted by Crippen LogP contribution is 2.16. The minimum Gasteiger partial charge on any atom is -0.354 e. The van der Waals surface area contributed by atoms with Gasteiger partial charge in [0.1, 0.15) is 0 Å². The Morgan fingerprint density at radius 2 is 1.96 bits per heavy atom. The predicted molar refractivity (Wildman–Crippen MR) is 94.2 cm³/mol. The van der Waals surface area contributed by atoms with Crippen LogP contribution in [0.4, 0.5) is 0 Å². The summed E-state index contributed by atoms with van der Waals surface area (Å²) in [5.74, 6) is -0.0915. The molecular weight excluding hydrogens is 337 g/mol. The molecule has 1 aliphatic rings. The van der Waals surface area contributed by atoms with Crippen molar-refractivity contribution in [1.82, 2.24) is 16.0 Å². The van der Waals surface area contributed by atoms with Crippen LogP contribution in [0.15, 0.2) is 24.3 Å². The third-order valence-corrected chi connectivity index (χ3v) is 4.15. The maximum absolute atomic E-state index is 12.0. The fourth-order valence-corrected chi connectivity index (χ4v) is 2.84. The van der Waals surface area contributed by atoms with Crippen LogP contribution in [0.3, 0.4) is 0 Å². The number of rotatable bonds is 5. The van der Waals surface area contributed by atoms with Gasteiger partial charge in [-0.15, -0.1) is 12.4 Å². The molecule has 2 amide bonds. The summed E-state index contributed by atoms with van der Waals surface area (Å²) in [5.41, 5.74) is 0.447. The highest BCUT2D eigenvalue weighted by Gasteiger charge is 2.24. The van der Waals surface area contributed by atoms with Crippen LogP contribution >= 0.6 is 24.0 Å². The van der Waals surface area contributed by atoms with Gasteiger partial charge in [-0.1, -0.05) is 23.7 Å². The third kappa shape index (κ3) is 6.01. The number of hydrogen-bond donors (Lipinski definition) is 3. The van der Waals surface area contributed by atoms with Crippen molar-refractivity contribution < 1.29 is 9.59 Å². The summed E-state index contributed by atoms with van der Waals surface area (Å²) in [6.07, 6.45) is 1.72. The standard InChI is InChI=1S/C16H22ClN3O2.ClH/c1-11-10-12(6-7-18-11)15(21)19-8-9-20-16(22)13-4-2-3-5-14(13)17;/h2-5,11-12,18H,6-10H2,1H3,(H,19,21)(H,20,22);1H/t11-,12-;/m0./s1. The van der Waals surface area contributed by atoms with E-state index in [1.54, 1.807) is 24.3 Å². The van der Waals surface area contributed by atoms with Crippen molar-refractivity contribution >= 4 is 35.8 Å². The fraction of sp³-hybridized carbons (Fsp3) is 0.500. The summed E-state index contributed by atoms with van der Waals surface area (Å²) in [6.45, 7) is 3.77. The van der Waals surface area contributed by atoms with Gasteiger partial charge in [0.05, 0.1) is 10.6 Å². The van der Waals surface area contributed by atoms with Crippen LogP contribution in [-0.2, 0) is 4.79 Å². The van der Waals surface area contributed by atoms with Gasteiger partial charge in [0, 0.05) is 25.0 Å². The molecule has 1 aliphatic heterocycles. The first kappa shape index (κ1) is 19.7. The van der Waals surface area contributed by atoms with Gasteiger partial charge in [-0.2, -0.15) is 0 Å². The van der Waals surface area contributed by atoms with Crippen molar-refractivity contribution in [2.75, 3.05) is 19.6 Å². The monoisotopic (exact) mass is 359 g/mol. The lowest BCUT2D eigenvalue weighted by atomic mass is 9.92. The summed E-state index contributed by atoms with van der Waals surface area (Å²) >= 11 is 5.96. The number of hydrogen-bond acceptors (Lipinski definition) is 3. The molecule has 1 aromatic carbocycles. The van der Waals surface area contributed by atoms with E-state index in [9.17, 15) is 9.59 Å². The van der Waals surface area contributed by atoms with Crippen LogP contribution in [0.2, 0.25) is 5.02 Å². The molecule has 2 atom stereocenters. The second-order valence-corrected chi connectivity index (χ2v) is 6.01. The lowest BCUT2D eigenvalue weighted by Gasteiger charge is -2.27. The topological polar surface area (TPSA) is 70.2 Å². The number of piperidine rings is 1. The Kier molecular flexibility index (Phi) is 8.37. The molecule has 5 nitrogen and oxygen atoms in total. The van der Waals surface area contributed by atoms with E-state index in [0.29, 0.717) is 29.7 Å². The second-order valence-electron chi connectivity index (χ2n) is 5.60. The number of carbonyl (C=O) groups is 2. The van der Waals surface area contributed by atoms with E-state index in [0.717, 1.165) is 19.4 Å². The van der Waals surface area contributed by atoms with Crippen molar-refractivity contribution in [3.05, 3.63) is 34.9 Å². The van der Waals surface area contributed by atoms with E-state index < -0.39 is 0 Å². The average Bonchev–Trinajstić information content (AvgIpc) is 2.51. The summed E-state index contributed by atoms with van der Waals surface area (Å²) in [6, 6.07) is 7.27. The van der Waals surface area contributed by atoms with Crippen LogP contribution < -0.4 is 16.0 Å². The molecule has 7 heteroatoms. The highest BCUT2D eigenvalue weighted by atomic mass is 35.5. The Hall–Kier alpha value is -1.30. The molecule has 23 heavy (non-hydrogen) atoms. The van der Waals surface area contributed by atoms with Gasteiger partial charge in [0.25, 0.3) is 5.91 Å². The highest BCUT2D eigenvalue weighted by molar-refractivity contribution is 6.33. The summed E-state index contributed by atoms with van der Waals surface area (Å²) in [7, 11) is 0. The molecule has 128 valence electrons. The van der Waals surface area contributed by atoms with Crippen molar-refractivity contribution in [3.8, 4) is 0 Å². The van der Waals surface area contributed by atoms with Crippen molar-refractivity contribution in [3.63, 3.8) is 0 Å². The van der Waals surface area contributed by atoms with Crippen LogP contribution in [0, 0.1) is 5.92 Å². The normalized spacial score (nSPS) is 20.3. The van der Waals surface area contributed by atoms with Crippen molar-refractivity contribution in [2.24, 2.45) is 5.92 Å². The largest absolute Gasteiger partial charge is 0.354 e. The Morgan fingerprint density at radius 1 is 1.26 bits per heavy atom. The number of nitrogens with one attached hydrogen (secondary N) is 3. The molecule has 0 bridgehead atoms. The van der Waals surface area contributed by atoms with Crippen LogP contribution in [0.1, 0.15) is 30.1 Å². The first-order valence-corrected chi connectivity index (χ1v) is 7.99. The maximum Gasteiger partial charge on any atom is 0.252 e. The zero-order chi connectivity index (χ0) is 15.9. The Labute approximate surface area is 148 Å². The molecule has 1 saturated heterocycles. The van der Waals surface area contributed by atoms with Crippen LogP contribution in [-0.4, -0.2) is 37.5 Å². The molecule has 1 aromatic rings. The Morgan fingerprint density at radius 3 is 2.65 bits per heavy atom. The molecule has 1 fully saturated rings. The van der Waals surface area contributed by atoms with Gasteiger partial charge in [-0.25, -0.2) is 0 Å². The van der Waals surface area contributed by atoms with E-state index in [1.807, 2.05) is 0 Å². The van der Waals surface area contributed by atoms with E-state index in [4.69, 9.17) is 11.6 Å². The summed E-state index contributed by atoms with van der Waals surface area (Å²) in [4.78, 5) is 24.0. The van der Waals surface area contributed by atoms with Gasteiger partial charge < -0.3 is 16.0 Å². The van der Waals surface area contributed by atoms with Crippen molar-refractivity contribution in [1.29, 1.82) is 0 Å². The molecule has 0 saturated carbocycles. The lowest BCUT2D eigenvalue weighted by molar-refractivity contribution is -0.126. The molecule has 0 aromatic heterocycles. The Balaban J connectivity index is 0.00000264. The smallest absolute Gasteiger partial charge is 0.252 e. The molecule has 0 aliphatic carbocycles. The van der Waals surface area contributed by atoms with Crippen molar-refractivity contribution in [2.45, 2.75) is 25.8 Å². The molecule has 0 spiro atoms. The SMILES string of the molecule is C[C@H]1C[C@@H](C(=O)NCCNC(=O)c2ccccc2Cl)CCN1.Cl. The average molecular weight is 360 g/mol. The van der Waals surface area contributed by atoms with E-state index in [2.05, 4.69) is 22.9 Å². The van der Waals surface area contributed by atoms with E-state index in [1.165, 1.54) is 0 Å². The molecule has 1 heterocycles. The zero-order valence-corrected chi connectivity index (χ0v) is 14.7. The van der Waals surface area contributed by atoms with Gasteiger partial charge in [-0.3, -0.25) is 9.59 Å². The maximum atomic E-state index is 12.0. The molecular formula is C16H23Cl2N3O2. The van der Waals surface area contributed by atoms with Gasteiger partial charge in [0.15, 0.2) is 0 Å². The number of carbonyl (C=O) groups excluding carboxylic acids is 2. The first-order chi connectivity index (χ1) is 10.6. The minimum absolute atomic E-state index is 0. The third-order valence-electron chi connectivity index (χ3n) is 3.82. The van der Waals surface area contributed by atoms with Crippen LogP contribution in [0.25, 0.3) is 0 Å². The lowest BCUT2D eigenvalue weighted by Crippen LogP contribution is -2.44.